The SMILES string of the molecule is CCCNC(C)c1ccccc1OCCSCC. The van der Waals surface area contributed by atoms with E-state index in [1.54, 1.807) is 0 Å². The summed E-state index contributed by atoms with van der Waals surface area (Å²) >= 11 is 1.91. The van der Waals surface area contributed by atoms with E-state index >= 15 is 0 Å². The van der Waals surface area contributed by atoms with E-state index in [1.165, 1.54) is 5.56 Å². The lowest BCUT2D eigenvalue weighted by molar-refractivity contribution is 0.336. The molecular formula is C15H25NOS. The molecule has 1 unspecified atom stereocenters. The van der Waals surface area contributed by atoms with Crippen molar-refractivity contribution in [2.45, 2.75) is 33.2 Å². The van der Waals surface area contributed by atoms with Crippen LogP contribution in [-0.4, -0.2) is 24.7 Å². The van der Waals surface area contributed by atoms with Crippen LogP contribution in [0, 0.1) is 0 Å². The molecule has 0 aliphatic heterocycles. The molecule has 2 nitrogen and oxygen atoms in total. The average Bonchev–Trinajstić information content (AvgIpc) is 2.41. The van der Waals surface area contributed by atoms with Gasteiger partial charge in [0.2, 0.25) is 0 Å². The van der Waals surface area contributed by atoms with E-state index < -0.39 is 0 Å². The Hall–Kier alpha value is -0.670. The Kier molecular flexibility index (Phi) is 7.94. The molecule has 0 saturated carbocycles. The number of nitrogens with one attached hydrogen (secondary N) is 1. The van der Waals surface area contributed by atoms with Gasteiger partial charge in [-0.15, -0.1) is 0 Å². The van der Waals surface area contributed by atoms with Crippen LogP contribution in [0.5, 0.6) is 5.75 Å². The van der Waals surface area contributed by atoms with Crippen molar-refractivity contribution < 1.29 is 4.74 Å². The van der Waals surface area contributed by atoms with Crippen molar-refractivity contribution in [3.8, 4) is 5.75 Å². The quantitative estimate of drug-likeness (QED) is 0.686. The molecule has 3 heteroatoms. The zero-order chi connectivity index (χ0) is 13.2. The van der Waals surface area contributed by atoms with Gasteiger partial charge < -0.3 is 10.1 Å². The van der Waals surface area contributed by atoms with Crippen LogP contribution in [0.4, 0.5) is 0 Å². The minimum Gasteiger partial charge on any atom is -0.492 e. The largest absolute Gasteiger partial charge is 0.492 e. The molecule has 0 radical (unpaired) electrons. The number of hydrogen-bond donors (Lipinski definition) is 1. The molecule has 0 spiro atoms. The van der Waals surface area contributed by atoms with E-state index in [9.17, 15) is 0 Å². The van der Waals surface area contributed by atoms with E-state index in [0.717, 1.165) is 36.8 Å². The normalized spacial score (nSPS) is 12.4. The summed E-state index contributed by atoms with van der Waals surface area (Å²) in [4.78, 5) is 0. The molecule has 1 aromatic carbocycles. The first-order valence-corrected chi connectivity index (χ1v) is 7.97. The molecule has 1 atom stereocenters. The molecule has 1 N–H and O–H groups in total. The first-order chi connectivity index (χ1) is 8.79. The molecule has 0 aliphatic carbocycles. The minimum absolute atomic E-state index is 0.347. The van der Waals surface area contributed by atoms with Gasteiger partial charge in [-0.25, -0.2) is 0 Å². The van der Waals surface area contributed by atoms with Crippen LogP contribution < -0.4 is 10.1 Å². The molecule has 0 saturated heterocycles. The summed E-state index contributed by atoms with van der Waals surface area (Å²) in [7, 11) is 0. The summed E-state index contributed by atoms with van der Waals surface area (Å²) in [6, 6.07) is 8.68. The van der Waals surface area contributed by atoms with Gasteiger partial charge in [-0.3, -0.25) is 0 Å². The molecule has 1 rings (SSSR count). The number of ether oxygens (including phenoxy) is 1. The number of hydrogen-bond acceptors (Lipinski definition) is 3. The first kappa shape index (κ1) is 15.4. The van der Waals surface area contributed by atoms with E-state index in [2.05, 4.69) is 44.3 Å². The number of thioether (sulfide) groups is 1. The van der Waals surface area contributed by atoms with Gasteiger partial charge in [0.1, 0.15) is 5.75 Å². The monoisotopic (exact) mass is 267 g/mol. The van der Waals surface area contributed by atoms with Crippen molar-refractivity contribution >= 4 is 11.8 Å². The van der Waals surface area contributed by atoms with Crippen molar-refractivity contribution in [3.63, 3.8) is 0 Å². The van der Waals surface area contributed by atoms with Gasteiger partial charge in [0.15, 0.2) is 0 Å². The highest BCUT2D eigenvalue weighted by atomic mass is 32.2. The fourth-order valence-electron chi connectivity index (χ4n) is 1.80. The Morgan fingerprint density at radius 3 is 2.78 bits per heavy atom. The van der Waals surface area contributed by atoms with Crippen molar-refractivity contribution in [3.05, 3.63) is 29.8 Å². The van der Waals surface area contributed by atoms with Crippen molar-refractivity contribution in [1.29, 1.82) is 0 Å². The van der Waals surface area contributed by atoms with Crippen LogP contribution in [0.3, 0.4) is 0 Å². The van der Waals surface area contributed by atoms with E-state index in [0.29, 0.717) is 6.04 Å². The molecule has 1 aromatic rings. The Balaban J connectivity index is 2.55. The zero-order valence-electron chi connectivity index (χ0n) is 11.7. The lowest BCUT2D eigenvalue weighted by Gasteiger charge is -2.18. The standard InChI is InChI=1S/C15H25NOS/c1-4-10-16-13(3)14-8-6-7-9-15(14)17-11-12-18-5-2/h6-9,13,16H,4-5,10-12H2,1-3H3. The smallest absolute Gasteiger partial charge is 0.124 e. The molecule has 0 heterocycles. The molecule has 0 bridgehead atoms. The van der Waals surface area contributed by atoms with Crippen molar-refractivity contribution in [1.82, 2.24) is 5.32 Å². The van der Waals surface area contributed by atoms with Gasteiger partial charge in [0.05, 0.1) is 6.61 Å². The summed E-state index contributed by atoms with van der Waals surface area (Å²) in [5.74, 6) is 3.23. The number of para-hydroxylation sites is 1. The van der Waals surface area contributed by atoms with Crippen molar-refractivity contribution in [2.24, 2.45) is 0 Å². The predicted molar refractivity (Wildman–Crippen MR) is 81.6 cm³/mol. The first-order valence-electron chi connectivity index (χ1n) is 6.82. The third kappa shape index (κ3) is 5.32. The third-order valence-electron chi connectivity index (χ3n) is 2.78. The summed E-state index contributed by atoms with van der Waals surface area (Å²) in [6.07, 6.45) is 1.15. The van der Waals surface area contributed by atoms with Crippen molar-refractivity contribution in [2.75, 3.05) is 24.7 Å². The van der Waals surface area contributed by atoms with Crippen LogP contribution in [0.2, 0.25) is 0 Å². The fraction of sp³-hybridized carbons (Fsp3) is 0.600. The maximum absolute atomic E-state index is 5.88. The maximum Gasteiger partial charge on any atom is 0.124 e. The van der Waals surface area contributed by atoms with Crippen LogP contribution in [0.15, 0.2) is 24.3 Å². The topological polar surface area (TPSA) is 21.3 Å². The zero-order valence-corrected chi connectivity index (χ0v) is 12.6. The highest BCUT2D eigenvalue weighted by Gasteiger charge is 2.09. The second-order valence-electron chi connectivity index (χ2n) is 4.26. The van der Waals surface area contributed by atoms with Gasteiger partial charge in [0.25, 0.3) is 0 Å². The molecule has 0 amide bonds. The van der Waals surface area contributed by atoms with Gasteiger partial charge >= 0.3 is 0 Å². The fourth-order valence-corrected chi connectivity index (χ4v) is 2.29. The molecule has 0 aromatic heterocycles. The average molecular weight is 267 g/mol. The summed E-state index contributed by atoms with van der Waals surface area (Å²) in [5, 5.41) is 3.51. The minimum atomic E-state index is 0.347. The van der Waals surface area contributed by atoms with E-state index in [-0.39, 0.29) is 0 Å². The lowest BCUT2D eigenvalue weighted by atomic mass is 10.1. The third-order valence-corrected chi connectivity index (χ3v) is 3.64. The number of rotatable bonds is 9. The van der Waals surface area contributed by atoms with Gasteiger partial charge in [0, 0.05) is 17.4 Å². The van der Waals surface area contributed by atoms with E-state index in [4.69, 9.17) is 4.74 Å². The van der Waals surface area contributed by atoms with Crippen LogP contribution in [-0.2, 0) is 0 Å². The van der Waals surface area contributed by atoms with E-state index in [1.807, 2.05) is 17.8 Å². The molecule has 0 aliphatic rings. The summed E-state index contributed by atoms with van der Waals surface area (Å²) < 4.78 is 5.88. The molecule has 0 fully saturated rings. The van der Waals surface area contributed by atoms with Crippen LogP contribution >= 0.6 is 11.8 Å². The van der Waals surface area contributed by atoms with Crippen LogP contribution in [0.1, 0.15) is 38.8 Å². The predicted octanol–water partition coefficient (Wildman–Crippen LogP) is 3.88. The second-order valence-corrected chi connectivity index (χ2v) is 5.65. The van der Waals surface area contributed by atoms with Crippen LogP contribution in [0.25, 0.3) is 0 Å². The van der Waals surface area contributed by atoms with Gasteiger partial charge in [-0.05, 0) is 31.7 Å². The lowest BCUT2D eigenvalue weighted by Crippen LogP contribution is -2.20. The Labute approximate surface area is 116 Å². The van der Waals surface area contributed by atoms with Gasteiger partial charge in [-0.2, -0.15) is 11.8 Å². The summed E-state index contributed by atoms with van der Waals surface area (Å²) in [6.45, 7) is 8.38. The Morgan fingerprint density at radius 2 is 2.06 bits per heavy atom. The van der Waals surface area contributed by atoms with Gasteiger partial charge in [-0.1, -0.05) is 32.0 Å². The highest BCUT2D eigenvalue weighted by Crippen LogP contribution is 2.24. The molecule has 102 valence electrons. The maximum atomic E-state index is 5.88. The summed E-state index contributed by atoms with van der Waals surface area (Å²) in [5.41, 5.74) is 1.26. The Bertz CT molecular complexity index is 330. The number of benzene rings is 1. The second kappa shape index (κ2) is 9.29. The molecular weight excluding hydrogens is 242 g/mol. The highest BCUT2D eigenvalue weighted by molar-refractivity contribution is 7.99. The molecule has 18 heavy (non-hydrogen) atoms. The Morgan fingerprint density at radius 1 is 1.28 bits per heavy atom.